The molecular formula is C24H24N2O4. The molecule has 30 heavy (non-hydrogen) atoms. The summed E-state index contributed by atoms with van der Waals surface area (Å²) < 4.78 is 16.6. The number of benzene rings is 3. The summed E-state index contributed by atoms with van der Waals surface area (Å²) in [6.07, 6.45) is 0.430. The van der Waals surface area contributed by atoms with Crippen LogP contribution in [0.25, 0.3) is 10.8 Å². The molecule has 1 N–H and O–H groups in total. The molecule has 154 valence electrons. The van der Waals surface area contributed by atoms with Crippen molar-refractivity contribution in [1.82, 2.24) is 0 Å². The van der Waals surface area contributed by atoms with E-state index in [0.717, 1.165) is 39.1 Å². The fourth-order valence-corrected chi connectivity index (χ4v) is 4.05. The molecular weight excluding hydrogens is 380 g/mol. The molecule has 6 nitrogen and oxygen atoms in total. The van der Waals surface area contributed by atoms with E-state index in [9.17, 15) is 4.79 Å². The summed E-state index contributed by atoms with van der Waals surface area (Å²) in [5.74, 6) is 1.72. The number of methoxy groups -OCH3 is 2. The molecule has 1 heterocycles. The first kappa shape index (κ1) is 19.8. The molecule has 0 aromatic heterocycles. The lowest BCUT2D eigenvalue weighted by Crippen LogP contribution is -2.36. The largest absolute Gasteiger partial charge is 0.496 e. The molecule has 4 rings (SSSR count). The topological polar surface area (TPSA) is 71.8 Å². The van der Waals surface area contributed by atoms with Gasteiger partial charge in [-0.05, 0) is 31.2 Å². The van der Waals surface area contributed by atoms with Crippen LogP contribution in [-0.2, 0) is 17.7 Å². The predicted octanol–water partition coefficient (Wildman–Crippen LogP) is 4.57. The highest BCUT2D eigenvalue weighted by Gasteiger charge is 2.29. The van der Waals surface area contributed by atoms with Gasteiger partial charge in [0.05, 0.1) is 32.9 Å². The van der Waals surface area contributed by atoms with Crippen molar-refractivity contribution in [2.24, 2.45) is 0 Å². The number of hydrogen-bond acceptors (Lipinski definition) is 5. The number of nitrogens with zero attached hydrogens (tertiary/aromatic N) is 1. The Hall–Kier alpha value is -3.54. The van der Waals surface area contributed by atoms with E-state index in [-0.39, 0.29) is 5.97 Å². The molecule has 0 amide bonds. The summed E-state index contributed by atoms with van der Waals surface area (Å²) in [7, 11) is 3.34. The van der Waals surface area contributed by atoms with Crippen LogP contribution >= 0.6 is 0 Å². The minimum Gasteiger partial charge on any atom is -0.496 e. The number of nitrogens with one attached hydrogen (secondary N) is 1. The Labute approximate surface area is 175 Å². The van der Waals surface area contributed by atoms with Crippen LogP contribution in [0.4, 0.5) is 5.69 Å². The molecule has 6 heteroatoms. The number of fused-ring (bicyclic) bond motifs is 2. The van der Waals surface area contributed by atoms with E-state index in [1.54, 1.807) is 33.3 Å². The molecule has 0 atom stereocenters. The van der Waals surface area contributed by atoms with E-state index in [2.05, 4.69) is 0 Å². The number of esters is 1. The number of amidine groups is 1. The van der Waals surface area contributed by atoms with Crippen LogP contribution in [0.15, 0.2) is 48.5 Å². The summed E-state index contributed by atoms with van der Waals surface area (Å²) in [5, 5.41) is 10.6. The number of ether oxygens (including phenoxy) is 3. The van der Waals surface area contributed by atoms with Gasteiger partial charge in [-0.3, -0.25) is 5.41 Å². The summed E-state index contributed by atoms with van der Waals surface area (Å²) in [6.45, 7) is 2.60. The number of carbonyl (C=O) groups excluding carboxylic acids is 1. The summed E-state index contributed by atoms with van der Waals surface area (Å²) in [4.78, 5) is 13.9. The Kier molecular flexibility index (Phi) is 5.31. The monoisotopic (exact) mass is 404 g/mol. The first-order valence-electron chi connectivity index (χ1n) is 9.85. The normalized spacial score (nSPS) is 13.2. The number of rotatable bonds is 5. The zero-order chi connectivity index (χ0) is 21.3. The molecule has 0 saturated carbocycles. The lowest BCUT2D eigenvalue weighted by Gasteiger charge is -2.33. The van der Waals surface area contributed by atoms with Crippen LogP contribution < -0.4 is 14.4 Å². The van der Waals surface area contributed by atoms with Gasteiger partial charge in [0.2, 0.25) is 0 Å². The first-order valence-corrected chi connectivity index (χ1v) is 9.85. The zero-order valence-corrected chi connectivity index (χ0v) is 17.3. The molecule has 0 radical (unpaired) electrons. The summed E-state index contributed by atoms with van der Waals surface area (Å²) in [6, 6.07) is 15.1. The minimum atomic E-state index is -0.346. The Balaban J connectivity index is 1.77. The quantitative estimate of drug-likeness (QED) is 0.631. The second-order valence-corrected chi connectivity index (χ2v) is 7.05. The highest BCUT2D eigenvalue weighted by Crippen LogP contribution is 2.44. The Bertz CT molecular complexity index is 1120. The predicted molar refractivity (Wildman–Crippen MR) is 117 cm³/mol. The van der Waals surface area contributed by atoms with Crippen molar-refractivity contribution in [2.75, 3.05) is 25.7 Å². The maximum absolute atomic E-state index is 11.9. The van der Waals surface area contributed by atoms with Gasteiger partial charge in [0.15, 0.2) is 0 Å². The van der Waals surface area contributed by atoms with Crippen molar-refractivity contribution >= 4 is 28.3 Å². The van der Waals surface area contributed by atoms with Gasteiger partial charge in [0, 0.05) is 34.0 Å². The van der Waals surface area contributed by atoms with E-state index < -0.39 is 0 Å². The third-order valence-electron chi connectivity index (χ3n) is 5.41. The minimum absolute atomic E-state index is 0.337. The Morgan fingerprint density at radius 2 is 1.57 bits per heavy atom. The first-order chi connectivity index (χ1) is 14.6. The fourth-order valence-electron chi connectivity index (χ4n) is 4.05. The molecule has 3 aromatic rings. The van der Waals surface area contributed by atoms with Crippen molar-refractivity contribution in [2.45, 2.75) is 19.9 Å². The molecule has 0 unspecified atom stereocenters. The van der Waals surface area contributed by atoms with Gasteiger partial charge in [-0.15, -0.1) is 0 Å². The van der Waals surface area contributed by atoms with E-state index in [1.165, 1.54) is 0 Å². The highest BCUT2D eigenvalue weighted by molar-refractivity contribution is 6.04. The van der Waals surface area contributed by atoms with Crippen LogP contribution in [0.1, 0.15) is 28.4 Å². The third-order valence-corrected chi connectivity index (χ3v) is 5.41. The van der Waals surface area contributed by atoms with Gasteiger partial charge in [-0.2, -0.15) is 0 Å². The number of hydrogen-bond donors (Lipinski definition) is 1. The maximum Gasteiger partial charge on any atom is 0.338 e. The Morgan fingerprint density at radius 3 is 2.13 bits per heavy atom. The highest BCUT2D eigenvalue weighted by atomic mass is 16.5. The van der Waals surface area contributed by atoms with Crippen molar-refractivity contribution in [3.8, 4) is 11.5 Å². The Morgan fingerprint density at radius 1 is 0.967 bits per heavy atom. The molecule has 0 fully saturated rings. The number of carbonyl (C=O) groups is 1. The second-order valence-electron chi connectivity index (χ2n) is 7.05. The van der Waals surface area contributed by atoms with E-state index in [1.807, 2.05) is 41.3 Å². The molecule has 0 bridgehead atoms. The third kappa shape index (κ3) is 3.24. The molecule has 3 aromatic carbocycles. The van der Waals surface area contributed by atoms with Crippen LogP contribution in [0.3, 0.4) is 0 Å². The smallest absolute Gasteiger partial charge is 0.338 e. The standard InChI is InChI=1S/C24H24N2O4/c1-4-30-24(27)15-9-11-16(12-10-15)26-14-20-19(13-21(26)25)22(28-2)17-7-5-6-8-18(17)23(20)29-3/h5-12,25H,4,13-14H2,1-3H3. The van der Waals surface area contributed by atoms with Crippen molar-refractivity contribution in [3.63, 3.8) is 0 Å². The fraction of sp³-hybridized carbons (Fsp3) is 0.250. The lowest BCUT2D eigenvalue weighted by atomic mass is 9.91. The molecule has 0 saturated heterocycles. The average molecular weight is 404 g/mol. The van der Waals surface area contributed by atoms with E-state index in [4.69, 9.17) is 19.6 Å². The molecule has 1 aliphatic rings. The molecule has 0 spiro atoms. The maximum atomic E-state index is 11.9. The summed E-state index contributed by atoms with van der Waals surface area (Å²) >= 11 is 0. The lowest BCUT2D eigenvalue weighted by molar-refractivity contribution is 0.0526. The summed E-state index contributed by atoms with van der Waals surface area (Å²) in [5.41, 5.74) is 3.33. The van der Waals surface area contributed by atoms with Crippen molar-refractivity contribution in [3.05, 3.63) is 65.2 Å². The van der Waals surface area contributed by atoms with Crippen molar-refractivity contribution in [1.29, 1.82) is 5.41 Å². The van der Waals surface area contributed by atoms with Crippen LogP contribution in [-0.4, -0.2) is 32.6 Å². The zero-order valence-electron chi connectivity index (χ0n) is 17.3. The van der Waals surface area contributed by atoms with Gasteiger partial charge in [0.25, 0.3) is 0 Å². The van der Waals surface area contributed by atoms with E-state index in [0.29, 0.717) is 31.0 Å². The van der Waals surface area contributed by atoms with Gasteiger partial charge >= 0.3 is 5.97 Å². The number of anilines is 1. The van der Waals surface area contributed by atoms with E-state index >= 15 is 0 Å². The SMILES string of the molecule is CCOC(=O)c1ccc(N2Cc3c(c(OC)c4ccccc4c3OC)CC2=N)cc1. The van der Waals surface area contributed by atoms with Crippen LogP contribution in [0, 0.1) is 5.41 Å². The molecule has 1 aliphatic heterocycles. The average Bonchev–Trinajstić information content (AvgIpc) is 2.77. The van der Waals surface area contributed by atoms with Gasteiger partial charge in [-0.25, -0.2) is 4.79 Å². The second kappa shape index (κ2) is 8.06. The van der Waals surface area contributed by atoms with Crippen LogP contribution in [0.2, 0.25) is 0 Å². The molecule has 0 aliphatic carbocycles. The van der Waals surface area contributed by atoms with Gasteiger partial charge < -0.3 is 19.1 Å². The van der Waals surface area contributed by atoms with Gasteiger partial charge in [-0.1, -0.05) is 24.3 Å². The van der Waals surface area contributed by atoms with Gasteiger partial charge in [0.1, 0.15) is 17.3 Å². The van der Waals surface area contributed by atoms with Crippen molar-refractivity contribution < 1.29 is 19.0 Å². The van der Waals surface area contributed by atoms with Crippen LogP contribution in [0.5, 0.6) is 11.5 Å².